The van der Waals surface area contributed by atoms with E-state index in [1.165, 1.54) is 29.7 Å². The largest absolute Gasteiger partial charge is 0.545 e. The molecular weight excluding hydrogens is 394 g/mol. The average Bonchev–Trinajstić information content (AvgIpc) is 2.68. The van der Waals surface area contributed by atoms with E-state index in [-0.39, 0.29) is 0 Å². The van der Waals surface area contributed by atoms with Gasteiger partial charge in [0.25, 0.3) is 0 Å². The summed E-state index contributed by atoms with van der Waals surface area (Å²) in [5.41, 5.74) is 1.21. The van der Waals surface area contributed by atoms with Crippen molar-refractivity contribution in [3.63, 3.8) is 0 Å². The van der Waals surface area contributed by atoms with Gasteiger partial charge in [0.1, 0.15) is 11.5 Å². The molecule has 0 bridgehead atoms. The molecule has 8 heteroatoms. The predicted molar refractivity (Wildman–Crippen MR) is 111 cm³/mol. The Bertz CT molecular complexity index is 645. The number of nitrogens with zero attached hydrogens (tertiary/aromatic N) is 1. The summed E-state index contributed by atoms with van der Waals surface area (Å²) in [6, 6.07) is 4.25. The van der Waals surface area contributed by atoms with Gasteiger partial charge in [-0.3, -0.25) is 0 Å². The summed E-state index contributed by atoms with van der Waals surface area (Å²) in [6.07, 6.45) is 5.52. The molecule has 0 N–H and O–H groups in total. The van der Waals surface area contributed by atoms with Crippen molar-refractivity contribution in [2.24, 2.45) is 0 Å². The van der Waals surface area contributed by atoms with E-state index in [4.69, 9.17) is 9.47 Å². The molecular formula is C21H31NO6S-2. The second-order valence-corrected chi connectivity index (χ2v) is 7.53. The molecule has 7 nitrogen and oxygen atoms in total. The van der Waals surface area contributed by atoms with Gasteiger partial charge in [-0.1, -0.05) is 19.8 Å². The number of unbranched alkanes of at least 4 members (excludes halogenated alkanes) is 2. The lowest BCUT2D eigenvalue weighted by atomic mass is 10.1. The number of likely N-dealkylation sites (N-methyl/N-ethyl adjacent to an activating group) is 1. The molecule has 0 fully saturated rings. The summed E-state index contributed by atoms with van der Waals surface area (Å²) in [6.45, 7) is 3.23. The minimum atomic E-state index is -1.55. The summed E-state index contributed by atoms with van der Waals surface area (Å²) in [5.74, 6) is -0.0326. The Hall–Kier alpha value is -2.19. The highest BCUT2D eigenvalue weighted by molar-refractivity contribution is 7.99. The van der Waals surface area contributed by atoms with Crippen LogP contribution in [0, 0.1) is 0 Å². The number of hydrogen-bond donors (Lipinski definition) is 0. The number of rotatable bonds is 12. The van der Waals surface area contributed by atoms with E-state index >= 15 is 0 Å². The van der Waals surface area contributed by atoms with E-state index in [0.717, 1.165) is 30.2 Å². The van der Waals surface area contributed by atoms with Crippen LogP contribution in [-0.2, 0) is 16.0 Å². The third-order valence-corrected chi connectivity index (χ3v) is 4.88. The monoisotopic (exact) mass is 425 g/mol. The van der Waals surface area contributed by atoms with Crippen molar-refractivity contribution in [3.8, 4) is 11.5 Å². The van der Waals surface area contributed by atoms with Crippen LogP contribution in [0.3, 0.4) is 0 Å². The second-order valence-electron chi connectivity index (χ2n) is 6.40. The second kappa shape index (κ2) is 15.7. The predicted octanol–water partition coefficient (Wildman–Crippen LogP) is 1.13. The normalized spacial score (nSPS) is 10.6. The van der Waals surface area contributed by atoms with E-state index < -0.39 is 11.9 Å². The van der Waals surface area contributed by atoms with E-state index in [9.17, 15) is 19.8 Å². The van der Waals surface area contributed by atoms with Gasteiger partial charge < -0.3 is 34.2 Å². The maximum atomic E-state index is 9.41. The van der Waals surface area contributed by atoms with Crippen LogP contribution in [0.25, 0.3) is 0 Å². The van der Waals surface area contributed by atoms with Crippen LogP contribution in [0.4, 0.5) is 0 Å². The van der Waals surface area contributed by atoms with Crippen LogP contribution in [-0.4, -0.2) is 57.5 Å². The zero-order chi connectivity index (χ0) is 22.2. The molecule has 0 heterocycles. The van der Waals surface area contributed by atoms with Gasteiger partial charge in [-0.25, -0.2) is 0 Å². The summed E-state index contributed by atoms with van der Waals surface area (Å²) in [7, 11) is 7.66. The number of carboxylic acid groups (broad SMARTS) is 2. The van der Waals surface area contributed by atoms with E-state index in [2.05, 4.69) is 38.1 Å². The number of aliphatic carboxylic acids is 2. The zero-order valence-corrected chi connectivity index (χ0v) is 18.7. The third-order valence-electron chi connectivity index (χ3n) is 3.76. The average molecular weight is 426 g/mol. The first-order chi connectivity index (χ1) is 13.7. The minimum Gasteiger partial charge on any atom is -0.545 e. The Morgan fingerprint density at radius 1 is 1.03 bits per heavy atom. The topological polar surface area (TPSA) is 102 Å². The molecule has 0 spiro atoms. The molecule has 1 rings (SSSR count). The molecule has 0 radical (unpaired) electrons. The molecule has 0 atom stereocenters. The molecule has 0 aliphatic heterocycles. The van der Waals surface area contributed by atoms with Crippen molar-refractivity contribution in [2.45, 2.75) is 37.5 Å². The molecule has 0 aromatic heterocycles. The fourth-order valence-corrected chi connectivity index (χ4v) is 3.30. The molecule has 0 amide bonds. The first-order valence-corrected chi connectivity index (χ1v) is 10.4. The number of ether oxygens (including phenoxy) is 2. The highest BCUT2D eigenvalue weighted by Crippen LogP contribution is 2.36. The lowest BCUT2D eigenvalue weighted by molar-refractivity contribution is -0.301. The summed E-state index contributed by atoms with van der Waals surface area (Å²) in [5, 5.41) is 18.8. The Morgan fingerprint density at radius 3 is 2.07 bits per heavy atom. The quantitative estimate of drug-likeness (QED) is 0.279. The lowest BCUT2D eigenvalue weighted by Crippen LogP contribution is -2.23. The van der Waals surface area contributed by atoms with Gasteiger partial charge in [-0.2, -0.15) is 0 Å². The van der Waals surface area contributed by atoms with Crippen molar-refractivity contribution >= 4 is 23.7 Å². The van der Waals surface area contributed by atoms with Gasteiger partial charge in [0.05, 0.1) is 31.1 Å². The molecule has 0 saturated carbocycles. The molecule has 0 unspecified atom stereocenters. The highest BCUT2D eigenvalue weighted by atomic mass is 32.2. The first kappa shape index (κ1) is 26.8. The molecule has 0 saturated heterocycles. The van der Waals surface area contributed by atoms with E-state index in [0.29, 0.717) is 12.2 Å². The number of thioether (sulfide) groups is 1. The third kappa shape index (κ3) is 12.8. The van der Waals surface area contributed by atoms with Gasteiger partial charge in [0.15, 0.2) is 0 Å². The van der Waals surface area contributed by atoms with Crippen LogP contribution < -0.4 is 19.7 Å². The van der Waals surface area contributed by atoms with Crippen molar-refractivity contribution in [1.82, 2.24) is 4.90 Å². The Labute approximate surface area is 177 Å². The van der Waals surface area contributed by atoms with E-state index in [1.807, 2.05) is 11.8 Å². The maximum Gasteiger partial charge on any atom is 0.132 e. The van der Waals surface area contributed by atoms with Crippen LogP contribution in [0.2, 0.25) is 0 Å². The molecule has 29 heavy (non-hydrogen) atoms. The summed E-state index contributed by atoms with van der Waals surface area (Å²) < 4.78 is 11.1. The SMILES string of the molecule is CCCCCSc1cc(OC)c(CCN(C)C)cc1OC.O=C([O-])/C=C\C(=O)[O-]. The Kier molecular flexibility index (Phi) is 14.5. The van der Waals surface area contributed by atoms with Crippen molar-refractivity contribution < 1.29 is 29.3 Å². The van der Waals surface area contributed by atoms with Gasteiger partial charge in [0, 0.05) is 6.54 Å². The molecule has 0 aliphatic carbocycles. The van der Waals surface area contributed by atoms with Crippen LogP contribution >= 0.6 is 11.8 Å². The molecule has 0 aliphatic rings. The van der Waals surface area contributed by atoms with Gasteiger partial charge in [-0.05, 0) is 62.5 Å². The standard InChI is InChI=1S/C17H29NO2S.C4H4O4/c1-6-7-8-11-21-17-13-15(19-4)14(9-10-18(2)3)12-16(17)20-5;5-3(6)1-2-4(7)8/h12-13H,6-11H2,1-5H3;1-2H,(H,5,6)(H,7,8)/p-2/b;2-1-. The van der Waals surface area contributed by atoms with Crippen LogP contribution in [0.1, 0.15) is 31.7 Å². The first-order valence-electron chi connectivity index (χ1n) is 9.37. The highest BCUT2D eigenvalue weighted by Gasteiger charge is 2.12. The van der Waals surface area contributed by atoms with Crippen LogP contribution in [0.15, 0.2) is 29.2 Å². The van der Waals surface area contributed by atoms with Crippen molar-refractivity contribution in [1.29, 1.82) is 0 Å². The number of hydrogen-bond acceptors (Lipinski definition) is 8. The minimum absolute atomic E-state index is 0.384. The summed E-state index contributed by atoms with van der Waals surface area (Å²) in [4.78, 5) is 22.2. The Morgan fingerprint density at radius 2 is 1.62 bits per heavy atom. The maximum absolute atomic E-state index is 9.41. The fourth-order valence-electron chi connectivity index (χ4n) is 2.26. The van der Waals surface area contributed by atoms with Gasteiger partial charge in [-0.15, -0.1) is 11.8 Å². The number of carbonyl (C=O) groups is 2. The zero-order valence-electron chi connectivity index (χ0n) is 17.9. The van der Waals surface area contributed by atoms with E-state index in [1.54, 1.807) is 14.2 Å². The Balaban J connectivity index is 0.000000828. The number of benzene rings is 1. The number of carboxylic acids is 2. The smallest absolute Gasteiger partial charge is 0.132 e. The summed E-state index contributed by atoms with van der Waals surface area (Å²) >= 11 is 1.86. The number of methoxy groups -OCH3 is 2. The molecule has 1 aromatic carbocycles. The fraction of sp³-hybridized carbons (Fsp3) is 0.524. The van der Waals surface area contributed by atoms with Gasteiger partial charge >= 0.3 is 0 Å². The van der Waals surface area contributed by atoms with Crippen molar-refractivity contribution in [3.05, 3.63) is 29.8 Å². The van der Waals surface area contributed by atoms with Crippen molar-refractivity contribution in [2.75, 3.05) is 40.6 Å². The number of carbonyl (C=O) groups excluding carboxylic acids is 2. The molecule has 164 valence electrons. The lowest BCUT2D eigenvalue weighted by Gasteiger charge is -2.16. The van der Waals surface area contributed by atoms with Gasteiger partial charge in [0.2, 0.25) is 0 Å². The molecule has 1 aromatic rings. The van der Waals surface area contributed by atoms with Crippen LogP contribution in [0.5, 0.6) is 11.5 Å².